The van der Waals surface area contributed by atoms with Gasteiger partial charge in [0.15, 0.2) is 29.4 Å². The van der Waals surface area contributed by atoms with Crippen LogP contribution in [0.2, 0.25) is 0 Å². The van der Waals surface area contributed by atoms with E-state index in [-0.39, 0.29) is 18.3 Å². The van der Waals surface area contributed by atoms with Crippen molar-refractivity contribution < 1.29 is 18.3 Å². The second-order valence-corrected chi connectivity index (χ2v) is 6.04. The normalized spacial score (nSPS) is 10.8. The molecule has 1 amide bonds. The highest BCUT2D eigenvalue weighted by molar-refractivity contribution is 5.77. The molecule has 0 aliphatic carbocycles. The highest BCUT2D eigenvalue weighted by Gasteiger charge is 2.09. The lowest BCUT2D eigenvalue weighted by Crippen LogP contribution is -2.28. The fraction of sp³-hybridized carbons (Fsp3) is 0.0952. The monoisotopic (exact) mass is 377 g/mol. The average molecular weight is 377 g/mol. The third kappa shape index (κ3) is 3.98. The third-order valence-electron chi connectivity index (χ3n) is 4.05. The SMILES string of the molecule is O=C(COc1ccccc1F)NCc1ccc(-c2nc3ncccc3o2)cc1. The number of amides is 1. The molecular formula is C21H16FN3O3. The summed E-state index contributed by atoms with van der Waals surface area (Å²) < 4.78 is 24.3. The van der Waals surface area contributed by atoms with Crippen LogP contribution in [-0.2, 0) is 11.3 Å². The van der Waals surface area contributed by atoms with Gasteiger partial charge < -0.3 is 14.5 Å². The summed E-state index contributed by atoms with van der Waals surface area (Å²) in [5.74, 6) is -0.296. The van der Waals surface area contributed by atoms with E-state index in [1.807, 2.05) is 30.3 Å². The van der Waals surface area contributed by atoms with Crippen molar-refractivity contribution in [1.82, 2.24) is 15.3 Å². The zero-order chi connectivity index (χ0) is 19.3. The summed E-state index contributed by atoms with van der Waals surface area (Å²) in [6.45, 7) is 0.0732. The number of hydrogen-bond acceptors (Lipinski definition) is 5. The highest BCUT2D eigenvalue weighted by Crippen LogP contribution is 2.23. The Bertz CT molecular complexity index is 1080. The predicted octanol–water partition coefficient (Wildman–Crippen LogP) is 3.72. The fourth-order valence-electron chi connectivity index (χ4n) is 2.61. The number of benzene rings is 2. The summed E-state index contributed by atoms with van der Waals surface area (Å²) in [6.07, 6.45) is 1.66. The molecule has 4 rings (SSSR count). The third-order valence-corrected chi connectivity index (χ3v) is 4.05. The number of nitrogens with zero attached hydrogens (tertiary/aromatic N) is 2. The molecule has 0 aliphatic rings. The number of carbonyl (C=O) groups is 1. The van der Waals surface area contributed by atoms with E-state index in [2.05, 4.69) is 15.3 Å². The Morgan fingerprint density at radius 3 is 2.68 bits per heavy atom. The molecule has 0 saturated heterocycles. The first-order chi connectivity index (χ1) is 13.7. The molecule has 2 heterocycles. The fourth-order valence-corrected chi connectivity index (χ4v) is 2.61. The number of halogens is 1. The summed E-state index contributed by atoms with van der Waals surface area (Å²) in [7, 11) is 0. The standard InChI is InChI=1S/C21H16FN3O3/c22-16-4-1-2-5-17(16)27-13-19(26)24-12-14-7-9-15(10-8-14)21-25-20-18(28-21)6-3-11-23-20/h1-11H,12-13H2,(H,24,26). The van der Waals surface area contributed by atoms with Gasteiger partial charge in [-0.2, -0.15) is 4.98 Å². The molecule has 0 aliphatic heterocycles. The number of carbonyl (C=O) groups excluding carboxylic acids is 1. The Hall–Kier alpha value is -3.74. The topological polar surface area (TPSA) is 77.2 Å². The van der Waals surface area contributed by atoms with Crippen molar-refractivity contribution in [3.8, 4) is 17.2 Å². The summed E-state index contributed by atoms with van der Waals surface area (Å²) in [6, 6.07) is 17.0. The van der Waals surface area contributed by atoms with Gasteiger partial charge in [-0.3, -0.25) is 4.79 Å². The molecule has 0 atom stereocenters. The van der Waals surface area contributed by atoms with Crippen LogP contribution in [0, 0.1) is 5.82 Å². The number of pyridine rings is 1. The molecule has 2 aromatic heterocycles. The van der Waals surface area contributed by atoms with Crippen LogP contribution in [-0.4, -0.2) is 22.5 Å². The number of aromatic nitrogens is 2. The molecule has 4 aromatic rings. The Kier molecular flexibility index (Phi) is 4.97. The highest BCUT2D eigenvalue weighted by atomic mass is 19.1. The van der Waals surface area contributed by atoms with E-state index in [1.165, 1.54) is 12.1 Å². The average Bonchev–Trinajstić information content (AvgIpc) is 3.16. The molecule has 0 saturated carbocycles. The molecule has 0 spiro atoms. The first kappa shape index (κ1) is 17.7. The van der Waals surface area contributed by atoms with Gasteiger partial charge >= 0.3 is 0 Å². The van der Waals surface area contributed by atoms with Gasteiger partial charge in [-0.15, -0.1) is 0 Å². The summed E-state index contributed by atoms with van der Waals surface area (Å²) >= 11 is 0. The van der Waals surface area contributed by atoms with Gasteiger partial charge in [0.25, 0.3) is 5.91 Å². The maximum absolute atomic E-state index is 13.5. The number of ether oxygens (including phenoxy) is 1. The van der Waals surface area contributed by atoms with Crippen molar-refractivity contribution in [1.29, 1.82) is 0 Å². The summed E-state index contributed by atoms with van der Waals surface area (Å²) in [4.78, 5) is 20.4. The smallest absolute Gasteiger partial charge is 0.258 e. The zero-order valence-electron chi connectivity index (χ0n) is 14.8. The molecule has 0 fully saturated rings. The Balaban J connectivity index is 1.33. The van der Waals surface area contributed by atoms with Gasteiger partial charge in [-0.25, -0.2) is 9.37 Å². The van der Waals surface area contributed by atoms with Crippen molar-refractivity contribution in [3.05, 3.63) is 78.2 Å². The number of nitrogens with one attached hydrogen (secondary N) is 1. The molecule has 2 aromatic carbocycles. The van der Waals surface area contributed by atoms with E-state index in [1.54, 1.807) is 24.4 Å². The molecule has 0 unspecified atom stereocenters. The van der Waals surface area contributed by atoms with Crippen molar-refractivity contribution in [2.24, 2.45) is 0 Å². The van der Waals surface area contributed by atoms with Gasteiger partial charge in [-0.1, -0.05) is 24.3 Å². The van der Waals surface area contributed by atoms with Crippen molar-refractivity contribution in [2.75, 3.05) is 6.61 Å². The van der Waals surface area contributed by atoms with Crippen LogP contribution >= 0.6 is 0 Å². The first-order valence-electron chi connectivity index (χ1n) is 8.64. The van der Waals surface area contributed by atoms with Gasteiger partial charge in [0.05, 0.1) is 0 Å². The second-order valence-electron chi connectivity index (χ2n) is 6.04. The summed E-state index contributed by atoms with van der Waals surface area (Å²) in [5.41, 5.74) is 2.90. The Morgan fingerprint density at radius 2 is 1.89 bits per heavy atom. The minimum absolute atomic E-state index is 0.0508. The van der Waals surface area contributed by atoms with Gasteiger partial charge in [0.2, 0.25) is 5.89 Å². The minimum Gasteiger partial charge on any atom is -0.481 e. The largest absolute Gasteiger partial charge is 0.481 e. The van der Waals surface area contributed by atoms with Crippen LogP contribution in [0.25, 0.3) is 22.7 Å². The van der Waals surface area contributed by atoms with E-state index in [4.69, 9.17) is 9.15 Å². The molecule has 7 heteroatoms. The number of hydrogen-bond donors (Lipinski definition) is 1. The first-order valence-corrected chi connectivity index (χ1v) is 8.64. The van der Waals surface area contributed by atoms with E-state index >= 15 is 0 Å². The van der Waals surface area contributed by atoms with Crippen molar-refractivity contribution in [2.45, 2.75) is 6.54 Å². The van der Waals surface area contributed by atoms with E-state index in [0.717, 1.165) is 11.1 Å². The lowest BCUT2D eigenvalue weighted by atomic mass is 10.1. The van der Waals surface area contributed by atoms with E-state index in [0.29, 0.717) is 23.7 Å². The molecule has 0 bridgehead atoms. The lowest BCUT2D eigenvalue weighted by molar-refractivity contribution is -0.123. The number of fused-ring (bicyclic) bond motifs is 1. The number of para-hydroxylation sites is 1. The Morgan fingerprint density at radius 1 is 1.07 bits per heavy atom. The van der Waals surface area contributed by atoms with Gasteiger partial charge in [0, 0.05) is 18.3 Å². The summed E-state index contributed by atoms with van der Waals surface area (Å²) in [5, 5.41) is 2.73. The van der Waals surface area contributed by atoms with Crippen LogP contribution in [0.15, 0.2) is 71.3 Å². The van der Waals surface area contributed by atoms with Crippen LogP contribution in [0.5, 0.6) is 5.75 Å². The van der Waals surface area contributed by atoms with E-state index in [9.17, 15) is 9.18 Å². The quantitative estimate of drug-likeness (QED) is 0.554. The molecule has 28 heavy (non-hydrogen) atoms. The van der Waals surface area contributed by atoms with E-state index < -0.39 is 5.82 Å². The molecule has 6 nitrogen and oxygen atoms in total. The molecule has 140 valence electrons. The van der Waals surface area contributed by atoms with Crippen LogP contribution in [0.3, 0.4) is 0 Å². The second kappa shape index (κ2) is 7.87. The van der Waals surface area contributed by atoms with Crippen LogP contribution in [0.4, 0.5) is 4.39 Å². The maximum atomic E-state index is 13.5. The molecule has 0 radical (unpaired) electrons. The lowest BCUT2D eigenvalue weighted by Gasteiger charge is -2.08. The number of rotatable bonds is 6. The molecule has 1 N–H and O–H groups in total. The predicted molar refractivity (Wildman–Crippen MR) is 101 cm³/mol. The Labute approximate surface area is 160 Å². The minimum atomic E-state index is -0.500. The van der Waals surface area contributed by atoms with Crippen molar-refractivity contribution >= 4 is 17.1 Å². The van der Waals surface area contributed by atoms with Crippen LogP contribution in [0.1, 0.15) is 5.56 Å². The van der Waals surface area contributed by atoms with Crippen molar-refractivity contribution in [3.63, 3.8) is 0 Å². The van der Waals surface area contributed by atoms with Gasteiger partial charge in [0.1, 0.15) is 0 Å². The van der Waals surface area contributed by atoms with Crippen LogP contribution < -0.4 is 10.1 Å². The zero-order valence-corrected chi connectivity index (χ0v) is 14.8. The number of oxazole rings is 1. The maximum Gasteiger partial charge on any atom is 0.258 e. The molecular weight excluding hydrogens is 361 g/mol. The van der Waals surface area contributed by atoms with Gasteiger partial charge in [-0.05, 0) is 42.0 Å².